The first-order valence-corrected chi connectivity index (χ1v) is 7.46. The van der Waals surface area contributed by atoms with Gasteiger partial charge in [0, 0.05) is 35.5 Å². The summed E-state index contributed by atoms with van der Waals surface area (Å²) in [5.74, 6) is 0.518. The zero-order valence-corrected chi connectivity index (χ0v) is 12.8. The molecule has 3 aromatic heterocycles. The lowest BCUT2D eigenvalue weighted by Gasteiger charge is -2.25. The van der Waals surface area contributed by atoms with Gasteiger partial charge < -0.3 is 4.74 Å². The molecule has 0 amide bonds. The van der Waals surface area contributed by atoms with Crippen LogP contribution in [-0.4, -0.2) is 26.0 Å². The molecule has 4 heterocycles. The molecule has 0 spiro atoms. The van der Waals surface area contributed by atoms with Crippen molar-refractivity contribution < 1.29 is 4.74 Å². The highest BCUT2D eigenvalue weighted by molar-refractivity contribution is 14.1. The van der Waals surface area contributed by atoms with Crippen LogP contribution in [0.4, 0.5) is 0 Å². The SMILES string of the molecule is In1cc(-c2ccc(C3COC3)cn2)c2cccnc21. The lowest BCUT2D eigenvalue weighted by atomic mass is 9.99. The van der Waals surface area contributed by atoms with Crippen LogP contribution in [0.5, 0.6) is 0 Å². The molecule has 0 unspecified atom stereocenters. The second-order valence-corrected chi connectivity index (χ2v) is 5.98. The molecule has 0 saturated carbocycles. The van der Waals surface area contributed by atoms with E-state index in [-0.39, 0.29) is 0 Å². The average molecular weight is 377 g/mol. The van der Waals surface area contributed by atoms with E-state index in [0.717, 1.165) is 35.5 Å². The average Bonchev–Trinajstić information content (AvgIpc) is 2.76. The zero-order valence-electron chi connectivity index (χ0n) is 10.7. The lowest BCUT2D eigenvalue weighted by molar-refractivity contribution is 0.00830. The van der Waals surface area contributed by atoms with E-state index in [0.29, 0.717) is 5.92 Å². The van der Waals surface area contributed by atoms with E-state index in [4.69, 9.17) is 4.74 Å². The van der Waals surface area contributed by atoms with E-state index < -0.39 is 0 Å². The van der Waals surface area contributed by atoms with Gasteiger partial charge in [-0.25, -0.2) is 4.98 Å². The van der Waals surface area contributed by atoms with Crippen molar-refractivity contribution in [2.24, 2.45) is 0 Å². The van der Waals surface area contributed by atoms with E-state index in [1.165, 1.54) is 5.56 Å². The van der Waals surface area contributed by atoms with Gasteiger partial charge >= 0.3 is 0 Å². The third kappa shape index (κ3) is 1.92. The molecule has 1 aliphatic rings. The summed E-state index contributed by atoms with van der Waals surface area (Å²) in [5, 5.41) is 1.13. The van der Waals surface area contributed by atoms with Gasteiger partial charge in [-0.05, 0) is 23.8 Å². The summed E-state index contributed by atoms with van der Waals surface area (Å²) in [7, 11) is 0. The number of nitrogens with zero attached hydrogens (tertiary/aromatic N) is 3. The van der Waals surface area contributed by atoms with Crippen molar-refractivity contribution in [3.63, 3.8) is 0 Å². The predicted octanol–water partition coefficient (Wildman–Crippen LogP) is 3.41. The van der Waals surface area contributed by atoms with Crippen molar-refractivity contribution in [3.8, 4) is 11.3 Å². The van der Waals surface area contributed by atoms with Gasteiger partial charge in [0.25, 0.3) is 0 Å². The topological polar surface area (TPSA) is 39.9 Å². The Morgan fingerprint density at radius 3 is 2.80 bits per heavy atom. The largest absolute Gasteiger partial charge is 0.380 e. The smallest absolute Gasteiger partial charge is 0.149 e. The van der Waals surface area contributed by atoms with Crippen molar-refractivity contribution in [1.29, 1.82) is 0 Å². The van der Waals surface area contributed by atoms with E-state index in [1.807, 2.05) is 21.2 Å². The molecule has 0 aromatic carbocycles. The van der Waals surface area contributed by atoms with Crippen molar-refractivity contribution in [1.82, 2.24) is 12.7 Å². The van der Waals surface area contributed by atoms with Crippen LogP contribution in [0, 0.1) is 0 Å². The number of halogens is 1. The molecule has 0 atom stereocenters. The van der Waals surface area contributed by atoms with Gasteiger partial charge in [0.2, 0.25) is 0 Å². The van der Waals surface area contributed by atoms with E-state index in [9.17, 15) is 0 Å². The zero-order chi connectivity index (χ0) is 13.5. The number of ether oxygens (including phenoxy) is 1. The van der Waals surface area contributed by atoms with Crippen molar-refractivity contribution in [2.75, 3.05) is 13.2 Å². The first kappa shape index (κ1) is 12.3. The lowest BCUT2D eigenvalue weighted by Crippen LogP contribution is -2.25. The number of rotatable bonds is 2. The summed E-state index contributed by atoms with van der Waals surface area (Å²) in [6, 6.07) is 8.29. The van der Waals surface area contributed by atoms with Crippen LogP contribution < -0.4 is 0 Å². The Labute approximate surface area is 130 Å². The molecule has 100 valence electrons. The fraction of sp³-hybridized carbons (Fsp3) is 0.200. The van der Waals surface area contributed by atoms with Gasteiger partial charge in [-0.1, -0.05) is 6.07 Å². The number of hydrogen-bond acceptors (Lipinski definition) is 3. The summed E-state index contributed by atoms with van der Waals surface area (Å²) >= 11 is 2.25. The van der Waals surface area contributed by atoms with E-state index in [1.54, 1.807) is 0 Å². The predicted molar refractivity (Wildman–Crippen MR) is 85.9 cm³/mol. The number of aromatic nitrogens is 3. The Morgan fingerprint density at radius 2 is 2.10 bits per heavy atom. The molecular formula is C15H12IN3O. The third-order valence-corrected chi connectivity index (χ3v) is 4.43. The van der Waals surface area contributed by atoms with Crippen LogP contribution in [0.3, 0.4) is 0 Å². The Morgan fingerprint density at radius 1 is 1.20 bits per heavy atom. The van der Waals surface area contributed by atoms with E-state index >= 15 is 0 Å². The molecule has 20 heavy (non-hydrogen) atoms. The van der Waals surface area contributed by atoms with Crippen LogP contribution in [0.1, 0.15) is 11.5 Å². The number of pyridine rings is 2. The van der Waals surface area contributed by atoms with Gasteiger partial charge in [0.05, 0.1) is 41.8 Å². The maximum Gasteiger partial charge on any atom is 0.149 e. The molecular weight excluding hydrogens is 365 g/mol. The number of fused-ring (bicyclic) bond motifs is 1. The molecule has 5 heteroatoms. The molecule has 0 aliphatic carbocycles. The summed E-state index contributed by atoms with van der Waals surface area (Å²) in [6.45, 7) is 1.63. The normalized spacial score (nSPS) is 15.4. The minimum atomic E-state index is 0.518. The Bertz CT molecular complexity index is 762. The first-order chi connectivity index (χ1) is 9.83. The van der Waals surface area contributed by atoms with Crippen molar-refractivity contribution >= 4 is 33.9 Å². The van der Waals surface area contributed by atoms with Gasteiger partial charge in [-0.15, -0.1) is 0 Å². The van der Waals surface area contributed by atoms with Gasteiger partial charge in [0.15, 0.2) is 0 Å². The van der Waals surface area contributed by atoms with Gasteiger partial charge in [0.1, 0.15) is 5.65 Å². The standard InChI is InChI=1S/C15H12IN3O/c16-19-7-13(12-2-1-5-17-15(12)19)14-4-3-10(6-18-14)11-8-20-9-11/h1-7,11H,8-9H2. The number of hydrogen-bond donors (Lipinski definition) is 0. The molecule has 0 bridgehead atoms. The maximum absolute atomic E-state index is 5.22. The molecule has 1 saturated heterocycles. The maximum atomic E-state index is 5.22. The summed E-state index contributed by atoms with van der Waals surface area (Å²) < 4.78 is 7.24. The molecule has 3 aromatic rings. The third-order valence-electron chi connectivity index (χ3n) is 3.69. The fourth-order valence-electron chi connectivity index (χ4n) is 2.46. The molecule has 4 rings (SSSR count). The van der Waals surface area contributed by atoms with Crippen LogP contribution in [0.25, 0.3) is 22.3 Å². The Balaban J connectivity index is 1.78. The fourth-order valence-corrected chi connectivity index (χ4v) is 3.12. The van der Waals surface area contributed by atoms with Crippen molar-refractivity contribution in [2.45, 2.75) is 5.92 Å². The highest BCUT2D eigenvalue weighted by Crippen LogP contribution is 2.31. The first-order valence-electron chi connectivity index (χ1n) is 6.49. The monoisotopic (exact) mass is 377 g/mol. The molecule has 1 fully saturated rings. The van der Waals surface area contributed by atoms with Crippen molar-refractivity contribution in [3.05, 3.63) is 48.4 Å². The minimum absolute atomic E-state index is 0.518. The van der Waals surface area contributed by atoms with Gasteiger partial charge in [-0.3, -0.25) is 7.76 Å². The highest BCUT2D eigenvalue weighted by Gasteiger charge is 2.21. The molecule has 4 nitrogen and oxygen atoms in total. The summed E-state index contributed by atoms with van der Waals surface area (Å²) in [5.41, 5.74) is 4.35. The second-order valence-electron chi connectivity index (χ2n) is 4.94. The van der Waals surface area contributed by atoms with Crippen LogP contribution >= 0.6 is 22.9 Å². The quantitative estimate of drug-likeness (QED) is 0.643. The second kappa shape index (κ2) is 4.82. The van der Waals surface area contributed by atoms with Gasteiger partial charge in [-0.2, -0.15) is 0 Å². The van der Waals surface area contributed by atoms with Crippen LogP contribution in [-0.2, 0) is 4.74 Å². The Kier molecular flexibility index (Phi) is 2.96. The summed E-state index contributed by atoms with van der Waals surface area (Å²) in [4.78, 5) is 9.02. The van der Waals surface area contributed by atoms with E-state index in [2.05, 4.69) is 57.2 Å². The van der Waals surface area contributed by atoms with Crippen LogP contribution in [0.2, 0.25) is 0 Å². The molecule has 1 aliphatic heterocycles. The highest BCUT2D eigenvalue weighted by atomic mass is 127. The minimum Gasteiger partial charge on any atom is -0.380 e. The molecule has 0 N–H and O–H groups in total. The Hall–Kier alpha value is -1.47. The molecule has 0 radical (unpaired) electrons. The van der Waals surface area contributed by atoms with Crippen LogP contribution in [0.15, 0.2) is 42.9 Å². The summed E-state index contributed by atoms with van der Waals surface area (Å²) in [6.07, 6.45) is 5.86.